The van der Waals surface area contributed by atoms with Crippen molar-refractivity contribution in [3.63, 3.8) is 0 Å². The highest BCUT2D eigenvalue weighted by Gasteiger charge is 2.33. The number of hydrogen-bond acceptors (Lipinski definition) is 2. The maximum Gasteiger partial charge on any atom is 0.0554 e. The molecule has 1 heterocycles. The van der Waals surface area contributed by atoms with Crippen molar-refractivity contribution in [2.24, 2.45) is 11.3 Å². The van der Waals surface area contributed by atoms with E-state index in [9.17, 15) is 0 Å². The van der Waals surface area contributed by atoms with E-state index in [-0.39, 0.29) is 0 Å². The van der Waals surface area contributed by atoms with Crippen molar-refractivity contribution in [1.29, 1.82) is 0 Å². The van der Waals surface area contributed by atoms with Crippen LogP contribution in [0.15, 0.2) is 0 Å². The van der Waals surface area contributed by atoms with E-state index >= 15 is 0 Å². The third kappa shape index (κ3) is 1.94. The van der Waals surface area contributed by atoms with E-state index in [1.165, 1.54) is 19.4 Å². The molecule has 0 spiro atoms. The summed E-state index contributed by atoms with van der Waals surface area (Å²) in [6.07, 6.45) is 2.89. The molecule has 0 aromatic heterocycles. The Bertz CT molecular complexity index is 138. The summed E-state index contributed by atoms with van der Waals surface area (Å²) in [4.78, 5) is 0. The second kappa shape index (κ2) is 2.76. The first-order valence-corrected chi connectivity index (χ1v) is 4.57. The summed E-state index contributed by atoms with van der Waals surface area (Å²) in [5, 5.41) is 3.51. The molecule has 0 unspecified atom stereocenters. The van der Waals surface area contributed by atoms with E-state index in [0.29, 0.717) is 5.41 Å². The first kappa shape index (κ1) is 7.56. The highest BCUT2D eigenvalue weighted by molar-refractivity contribution is 4.84. The Labute approximate surface area is 68.3 Å². The van der Waals surface area contributed by atoms with E-state index in [1.54, 1.807) is 0 Å². The Morgan fingerprint density at radius 3 is 2.64 bits per heavy atom. The van der Waals surface area contributed by atoms with Gasteiger partial charge < -0.3 is 10.1 Å². The molecule has 0 amide bonds. The number of nitrogens with one attached hydrogen (secondary N) is 1. The average molecular weight is 155 g/mol. The van der Waals surface area contributed by atoms with Gasteiger partial charge in [-0.1, -0.05) is 6.92 Å². The topological polar surface area (TPSA) is 21.3 Å². The quantitative estimate of drug-likeness (QED) is 0.654. The Morgan fingerprint density at radius 2 is 2.18 bits per heavy atom. The molecule has 0 bridgehead atoms. The van der Waals surface area contributed by atoms with Gasteiger partial charge in [0.2, 0.25) is 0 Å². The Morgan fingerprint density at radius 1 is 1.45 bits per heavy atom. The molecule has 2 aliphatic rings. The molecule has 1 aliphatic carbocycles. The van der Waals surface area contributed by atoms with Crippen molar-refractivity contribution in [3.05, 3.63) is 0 Å². The standard InChI is InChI=1S/C9H17NO/c1-9(6-11-7-9)5-10-4-8-2-3-8/h8,10H,2-7H2,1H3. The summed E-state index contributed by atoms with van der Waals surface area (Å²) in [6, 6.07) is 0. The van der Waals surface area contributed by atoms with Crippen molar-refractivity contribution < 1.29 is 4.74 Å². The molecular weight excluding hydrogens is 138 g/mol. The van der Waals surface area contributed by atoms with Crippen LogP contribution in [0.4, 0.5) is 0 Å². The summed E-state index contributed by atoms with van der Waals surface area (Å²) >= 11 is 0. The van der Waals surface area contributed by atoms with Gasteiger partial charge in [0.25, 0.3) is 0 Å². The fourth-order valence-corrected chi connectivity index (χ4v) is 1.45. The van der Waals surface area contributed by atoms with Crippen LogP contribution < -0.4 is 5.32 Å². The van der Waals surface area contributed by atoms with Gasteiger partial charge in [-0.25, -0.2) is 0 Å². The maximum absolute atomic E-state index is 5.17. The van der Waals surface area contributed by atoms with Crippen molar-refractivity contribution in [3.8, 4) is 0 Å². The predicted molar refractivity (Wildman–Crippen MR) is 44.5 cm³/mol. The molecular formula is C9H17NO. The Kier molecular flexibility index (Phi) is 1.90. The van der Waals surface area contributed by atoms with Gasteiger partial charge in [0.1, 0.15) is 0 Å². The summed E-state index contributed by atoms with van der Waals surface area (Å²) in [6.45, 7) is 6.56. The maximum atomic E-state index is 5.17. The molecule has 2 nitrogen and oxygen atoms in total. The number of ether oxygens (including phenoxy) is 1. The van der Waals surface area contributed by atoms with Crippen LogP contribution in [-0.4, -0.2) is 26.3 Å². The van der Waals surface area contributed by atoms with E-state index in [1.807, 2.05) is 0 Å². The van der Waals surface area contributed by atoms with Crippen molar-refractivity contribution in [2.45, 2.75) is 19.8 Å². The van der Waals surface area contributed by atoms with Gasteiger partial charge in [-0.15, -0.1) is 0 Å². The second-order valence-electron chi connectivity index (χ2n) is 4.38. The van der Waals surface area contributed by atoms with Crippen LogP contribution in [0.5, 0.6) is 0 Å². The van der Waals surface area contributed by atoms with Gasteiger partial charge in [-0.05, 0) is 25.3 Å². The minimum Gasteiger partial charge on any atom is -0.380 e. The SMILES string of the molecule is CC1(CNCC2CC2)COC1. The molecule has 0 radical (unpaired) electrons. The van der Waals surface area contributed by atoms with Gasteiger partial charge in [0.15, 0.2) is 0 Å². The first-order valence-electron chi connectivity index (χ1n) is 4.57. The zero-order valence-electron chi connectivity index (χ0n) is 7.23. The van der Waals surface area contributed by atoms with Gasteiger partial charge in [-0.3, -0.25) is 0 Å². The number of rotatable bonds is 4. The lowest BCUT2D eigenvalue weighted by atomic mass is 9.89. The highest BCUT2D eigenvalue weighted by atomic mass is 16.5. The van der Waals surface area contributed by atoms with E-state index in [2.05, 4.69) is 12.2 Å². The van der Waals surface area contributed by atoms with Crippen LogP contribution >= 0.6 is 0 Å². The normalized spacial score (nSPS) is 28.1. The van der Waals surface area contributed by atoms with Gasteiger partial charge >= 0.3 is 0 Å². The zero-order valence-corrected chi connectivity index (χ0v) is 7.23. The second-order valence-corrected chi connectivity index (χ2v) is 4.38. The molecule has 1 N–H and O–H groups in total. The molecule has 0 aromatic carbocycles. The molecule has 64 valence electrons. The van der Waals surface area contributed by atoms with Crippen molar-refractivity contribution in [1.82, 2.24) is 5.32 Å². The Balaban J connectivity index is 1.57. The number of hydrogen-bond donors (Lipinski definition) is 1. The van der Waals surface area contributed by atoms with Gasteiger partial charge in [-0.2, -0.15) is 0 Å². The predicted octanol–water partition coefficient (Wildman–Crippen LogP) is 1.02. The molecule has 1 aliphatic heterocycles. The van der Waals surface area contributed by atoms with Gasteiger partial charge in [0.05, 0.1) is 13.2 Å². The van der Waals surface area contributed by atoms with Crippen LogP contribution in [0.25, 0.3) is 0 Å². The monoisotopic (exact) mass is 155 g/mol. The lowest BCUT2D eigenvalue weighted by Crippen LogP contribution is -2.47. The largest absolute Gasteiger partial charge is 0.380 e. The Hall–Kier alpha value is -0.0800. The minimum atomic E-state index is 0.453. The van der Waals surface area contributed by atoms with Crippen LogP contribution in [0.1, 0.15) is 19.8 Å². The fraction of sp³-hybridized carbons (Fsp3) is 1.00. The molecule has 11 heavy (non-hydrogen) atoms. The van der Waals surface area contributed by atoms with Crippen molar-refractivity contribution >= 4 is 0 Å². The van der Waals surface area contributed by atoms with E-state index in [0.717, 1.165) is 25.7 Å². The van der Waals surface area contributed by atoms with Crippen LogP contribution in [0.3, 0.4) is 0 Å². The summed E-state index contributed by atoms with van der Waals surface area (Å²) in [7, 11) is 0. The molecule has 1 saturated carbocycles. The van der Waals surface area contributed by atoms with Crippen LogP contribution in [0.2, 0.25) is 0 Å². The van der Waals surface area contributed by atoms with E-state index < -0.39 is 0 Å². The fourth-order valence-electron chi connectivity index (χ4n) is 1.45. The zero-order chi connectivity index (χ0) is 7.73. The highest BCUT2D eigenvalue weighted by Crippen LogP contribution is 2.29. The summed E-state index contributed by atoms with van der Waals surface area (Å²) in [5.74, 6) is 1.000. The van der Waals surface area contributed by atoms with Crippen LogP contribution in [-0.2, 0) is 4.74 Å². The average Bonchev–Trinajstić information content (AvgIpc) is 2.68. The third-order valence-electron chi connectivity index (χ3n) is 2.58. The minimum absolute atomic E-state index is 0.453. The first-order chi connectivity index (χ1) is 5.29. The third-order valence-corrected chi connectivity index (χ3v) is 2.58. The summed E-state index contributed by atoms with van der Waals surface area (Å²) < 4.78 is 5.17. The molecule has 2 fully saturated rings. The molecule has 0 atom stereocenters. The van der Waals surface area contributed by atoms with Crippen LogP contribution in [0, 0.1) is 11.3 Å². The smallest absolute Gasteiger partial charge is 0.0554 e. The molecule has 1 saturated heterocycles. The molecule has 2 heteroatoms. The lowest BCUT2D eigenvalue weighted by molar-refractivity contribution is -0.0990. The lowest BCUT2D eigenvalue weighted by Gasteiger charge is -2.38. The molecule has 0 aromatic rings. The summed E-state index contributed by atoms with van der Waals surface area (Å²) in [5.41, 5.74) is 0.453. The molecule has 2 rings (SSSR count). The van der Waals surface area contributed by atoms with Gasteiger partial charge in [0, 0.05) is 12.0 Å². The van der Waals surface area contributed by atoms with E-state index in [4.69, 9.17) is 4.74 Å². The van der Waals surface area contributed by atoms with Crippen molar-refractivity contribution in [2.75, 3.05) is 26.3 Å².